The molecule has 0 aliphatic heterocycles. The molecule has 1 heterocycles. The lowest BCUT2D eigenvalue weighted by atomic mass is 10.1. The first-order valence-corrected chi connectivity index (χ1v) is 7.64. The quantitative estimate of drug-likeness (QED) is 0.754. The normalized spacial score (nSPS) is 10.5. The van der Waals surface area contributed by atoms with E-state index >= 15 is 0 Å². The number of anilines is 1. The minimum atomic E-state index is -0.316. The van der Waals surface area contributed by atoms with Crippen molar-refractivity contribution in [2.24, 2.45) is 0 Å². The molecule has 0 atom stereocenters. The molecule has 0 aliphatic carbocycles. The van der Waals surface area contributed by atoms with Gasteiger partial charge in [0.05, 0.1) is 18.5 Å². The van der Waals surface area contributed by atoms with E-state index < -0.39 is 0 Å². The summed E-state index contributed by atoms with van der Waals surface area (Å²) in [6.45, 7) is 1.72. The lowest BCUT2D eigenvalue weighted by molar-refractivity contribution is 0.102. The molecule has 0 bridgehead atoms. The molecule has 122 valence electrons. The van der Waals surface area contributed by atoms with Crippen molar-refractivity contribution in [3.63, 3.8) is 0 Å². The van der Waals surface area contributed by atoms with E-state index in [-0.39, 0.29) is 5.91 Å². The van der Waals surface area contributed by atoms with E-state index in [1.807, 2.05) is 12.1 Å². The maximum absolute atomic E-state index is 12.7. The highest BCUT2D eigenvalue weighted by molar-refractivity contribution is 6.30. The van der Waals surface area contributed by atoms with Crippen LogP contribution in [0, 0.1) is 6.92 Å². The van der Waals surface area contributed by atoms with Gasteiger partial charge in [0.1, 0.15) is 11.3 Å². The third-order valence-electron chi connectivity index (χ3n) is 3.55. The molecule has 0 unspecified atom stereocenters. The minimum Gasteiger partial charge on any atom is -0.495 e. The second-order valence-corrected chi connectivity index (χ2v) is 5.57. The van der Waals surface area contributed by atoms with Gasteiger partial charge in [-0.2, -0.15) is 0 Å². The number of aryl methyl sites for hydroxylation is 1. The van der Waals surface area contributed by atoms with Crippen LogP contribution in [-0.4, -0.2) is 18.2 Å². The molecular weight excluding hydrogens is 328 g/mol. The topological polar surface area (TPSA) is 64.4 Å². The van der Waals surface area contributed by atoms with Gasteiger partial charge in [0.15, 0.2) is 5.76 Å². The highest BCUT2D eigenvalue weighted by Crippen LogP contribution is 2.29. The summed E-state index contributed by atoms with van der Waals surface area (Å²) >= 11 is 5.91. The van der Waals surface area contributed by atoms with Crippen molar-refractivity contribution in [1.82, 2.24) is 5.16 Å². The Balaban J connectivity index is 1.96. The van der Waals surface area contributed by atoms with Gasteiger partial charge >= 0.3 is 0 Å². The zero-order valence-corrected chi connectivity index (χ0v) is 13.9. The van der Waals surface area contributed by atoms with E-state index in [4.69, 9.17) is 20.9 Å². The van der Waals surface area contributed by atoms with E-state index in [2.05, 4.69) is 10.5 Å². The molecule has 5 nitrogen and oxygen atoms in total. The Morgan fingerprint density at radius 2 is 1.88 bits per heavy atom. The Morgan fingerprint density at radius 3 is 2.58 bits per heavy atom. The van der Waals surface area contributed by atoms with Crippen LogP contribution in [0.4, 0.5) is 5.69 Å². The van der Waals surface area contributed by atoms with Gasteiger partial charge in [0.2, 0.25) is 0 Å². The molecule has 3 aromatic rings. The molecule has 24 heavy (non-hydrogen) atoms. The van der Waals surface area contributed by atoms with Crippen molar-refractivity contribution in [3.05, 3.63) is 64.8 Å². The van der Waals surface area contributed by atoms with Gasteiger partial charge in [0, 0.05) is 10.6 Å². The standard InChI is InChI=1S/C18H15ClN2O3/c1-11-16(17(24-21-11)12-7-9-13(19)10-8-12)18(22)20-14-5-3-4-6-15(14)23-2/h3-10H,1-2H3,(H,20,22). The maximum Gasteiger partial charge on any atom is 0.261 e. The first kappa shape index (κ1) is 16.1. The number of hydrogen-bond acceptors (Lipinski definition) is 4. The number of carbonyl (C=O) groups excluding carboxylic acids is 1. The lowest BCUT2D eigenvalue weighted by Crippen LogP contribution is -2.14. The number of aromatic nitrogens is 1. The molecule has 0 aliphatic rings. The molecular formula is C18H15ClN2O3. The van der Waals surface area contributed by atoms with E-state index in [0.717, 1.165) is 5.56 Å². The van der Waals surface area contributed by atoms with Crippen LogP contribution >= 0.6 is 11.6 Å². The number of carbonyl (C=O) groups is 1. The lowest BCUT2D eigenvalue weighted by Gasteiger charge is -2.10. The fourth-order valence-electron chi connectivity index (χ4n) is 2.37. The summed E-state index contributed by atoms with van der Waals surface area (Å²) in [4.78, 5) is 12.7. The summed E-state index contributed by atoms with van der Waals surface area (Å²) in [7, 11) is 1.55. The number of methoxy groups -OCH3 is 1. The number of halogens is 1. The van der Waals surface area contributed by atoms with Gasteiger partial charge in [-0.1, -0.05) is 28.9 Å². The highest BCUT2D eigenvalue weighted by Gasteiger charge is 2.22. The second-order valence-electron chi connectivity index (χ2n) is 5.13. The predicted octanol–water partition coefficient (Wildman–Crippen LogP) is 4.56. The number of rotatable bonds is 4. The Kier molecular flexibility index (Phi) is 4.53. The number of hydrogen-bond donors (Lipinski definition) is 1. The molecule has 0 saturated heterocycles. The third kappa shape index (κ3) is 3.12. The molecule has 3 rings (SSSR count). The molecule has 0 saturated carbocycles. The summed E-state index contributed by atoms with van der Waals surface area (Å²) in [6.07, 6.45) is 0. The van der Waals surface area contributed by atoms with Crippen molar-refractivity contribution in [2.75, 3.05) is 12.4 Å². The fraction of sp³-hybridized carbons (Fsp3) is 0.111. The first-order valence-electron chi connectivity index (χ1n) is 7.26. The molecule has 6 heteroatoms. The van der Waals surface area contributed by atoms with Crippen molar-refractivity contribution < 1.29 is 14.1 Å². The molecule has 1 amide bonds. The Bertz CT molecular complexity index is 872. The number of amides is 1. The van der Waals surface area contributed by atoms with Crippen molar-refractivity contribution in [3.8, 4) is 17.1 Å². The third-order valence-corrected chi connectivity index (χ3v) is 3.80. The summed E-state index contributed by atoms with van der Waals surface area (Å²) in [5.74, 6) is 0.660. The van der Waals surface area contributed by atoms with Crippen molar-refractivity contribution in [1.29, 1.82) is 0 Å². The van der Waals surface area contributed by atoms with E-state index in [9.17, 15) is 4.79 Å². The first-order chi connectivity index (χ1) is 11.6. The summed E-state index contributed by atoms with van der Waals surface area (Å²) in [6, 6.07) is 14.2. The monoisotopic (exact) mass is 342 g/mol. The highest BCUT2D eigenvalue weighted by atomic mass is 35.5. The van der Waals surface area contributed by atoms with Crippen LogP contribution in [0.2, 0.25) is 5.02 Å². The largest absolute Gasteiger partial charge is 0.495 e. The molecule has 0 fully saturated rings. The van der Waals surface area contributed by atoms with Crippen LogP contribution in [0.15, 0.2) is 53.1 Å². The van der Waals surface area contributed by atoms with Crippen LogP contribution < -0.4 is 10.1 Å². The van der Waals surface area contributed by atoms with E-state index in [1.165, 1.54) is 0 Å². The Hall–Kier alpha value is -2.79. The van der Waals surface area contributed by atoms with Gasteiger partial charge in [-0.15, -0.1) is 0 Å². The number of nitrogens with zero attached hydrogens (tertiary/aromatic N) is 1. The molecule has 1 aromatic heterocycles. The number of benzene rings is 2. The van der Waals surface area contributed by atoms with E-state index in [1.54, 1.807) is 50.4 Å². The second kappa shape index (κ2) is 6.76. The fourth-order valence-corrected chi connectivity index (χ4v) is 2.49. The zero-order valence-electron chi connectivity index (χ0n) is 13.2. The average molecular weight is 343 g/mol. The zero-order chi connectivity index (χ0) is 17.1. The Labute approximate surface area is 144 Å². The molecule has 2 aromatic carbocycles. The van der Waals surface area contributed by atoms with Crippen LogP contribution in [-0.2, 0) is 0 Å². The van der Waals surface area contributed by atoms with Crippen LogP contribution in [0.5, 0.6) is 5.75 Å². The van der Waals surface area contributed by atoms with Crippen LogP contribution in [0.1, 0.15) is 16.1 Å². The van der Waals surface area contributed by atoms with Gasteiger partial charge in [0.25, 0.3) is 5.91 Å². The Morgan fingerprint density at radius 1 is 1.17 bits per heavy atom. The molecule has 1 N–H and O–H groups in total. The molecule has 0 radical (unpaired) electrons. The summed E-state index contributed by atoms with van der Waals surface area (Å²) in [5, 5.41) is 7.36. The van der Waals surface area contributed by atoms with Gasteiger partial charge in [-0.25, -0.2) is 0 Å². The number of para-hydroxylation sites is 2. The van der Waals surface area contributed by atoms with Gasteiger partial charge < -0.3 is 14.6 Å². The van der Waals surface area contributed by atoms with Gasteiger partial charge in [-0.05, 0) is 43.3 Å². The van der Waals surface area contributed by atoms with Crippen molar-refractivity contribution in [2.45, 2.75) is 6.92 Å². The SMILES string of the molecule is COc1ccccc1NC(=O)c1c(C)noc1-c1ccc(Cl)cc1. The minimum absolute atomic E-state index is 0.316. The number of nitrogens with one attached hydrogen (secondary N) is 1. The van der Waals surface area contributed by atoms with E-state index in [0.29, 0.717) is 33.5 Å². The van der Waals surface area contributed by atoms with Crippen molar-refractivity contribution >= 4 is 23.2 Å². The maximum atomic E-state index is 12.7. The predicted molar refractivity (Wildman–Crippen MR) is 92.6 cm³/mol. The van der Waals surface area contributed by atoms with Gasteiger partial charge in [-0.3, -0.25) is 4.79 Å². The average Bonchev–Trinajstić information content (AvgIpc) is 2.97. The molecule has 0 spiro atoms. The smallest absolute Gasteiger partial charge is 0.261 e. The van der Waals surface area contributed by atoms with Crippen LogP contribution in [0.3, 0.4) is 0 Å². The summed E-state index contributed by atoms with van der Waals surface area (Å²) < 4.78 is 10.6. The van der Waals surface area contributed by atoms with Crippen LogP contribution in [0.25, 0.3) is 11.3 Å². The number of ether oxygens (including phenoxy) is 1. The summed E-state index contributed by atoms with van der Waals surface area (Å²) in [5.41, 5.74) is 2.19.